The Kier molecular flexibility index (Phi) is 4.63. The lowest BCUT2D eigenvalue weighted by molar-refractivity contribution is 0.429. The summed E-state index contributed by atoms with van der Waals surface area (Å²) in [5, 5.41) is 12.1. The molecule has 1 heterocycles. The van der Waals surface area contributed by atoms with Gasteiger partial charge in [0.05, 0.1) is 5.56 Å². The van der Waals surface area contributed by atoms with E-state index in [-0.39, 0.29) is 16.1 Å². The Balaban J connectivity index is 2.12. The fraction of sp³-hybridized carbons (Fsp3) is 0.429. The third kappa shape index (κ3) is 4.01. The van der Waals surface area contributed by atoms with Gasteiger partial charge in [-0.25, -0.2) is 13.2 Å². The van der Waals surface area contributed by atoms with Crippen molar-refractivity contribution in [2.24, 2.45) is 0 Å². The highest BCUT2D eigenvalue weighted by Gasteiger charge is 2.18. The quantitative estimate of drug-likeness (QED) is 0.877. The summed E-state index contributed by atoms with van der Waals surface area (Å²) in [5.41, 5.74) is -0.0684. The van der Waals surface area contributed by atoms with Crippen LogP contribution in [0.15, 0.2) is 12.1 Å². The van der Waals surface area contributed by atoms with Crippen molar-refractivity contribution in [2.45, 2.75) is 32.7 Å². The van der Waals surface area contributed by atoms with Gasteiger partial charge in [0.25, 0.3) is 0 Å². The van der Waals surface area contributed by atoms with Crippen molar-refractivity contribution in [3.8, 4) is 10.6 Å². The lowest BCUT2D eigenvalue weighted by atomic mass is 10.1. The molecular weight excluding hydrogens is 299 g/mol. The van der Waals surface area contributed by atoms with Gasteiger partial charge in [-0.15, -0.1) is 10.2 Å². The molecule has 21 heavy (non-hydrogen) atoms. The predicted octanol–water partition coefficient (Wildman–Crippen LogP) is 3.55. The number of aromatic nitrogens is 2. The first-order valence-electron chi connectivity index (χ1n) is 6.49. The summed E-state index contributed by atoms with van der Waals surface area (Å²) in [7, 11) is 0. The fourth-order valence-corrected chi connectivity index (χ4v) is 2.56. The Hall–Kier alpha value is -1.47. The molecule has 0 spiro atoms. The maximum atomic E-state index is 13.7. The van der Waals surface area contributed by atoms with Crippen LogP contribution in [0, 0.1) is 17.5 Å². The second-order valence-electron chi connectivity index (χ2n) is 5.65. The number of hydrogen-bond donors (Lipinski definition) is 1. The topological polar surface area (TPSA) is 37.8 Å². The summed E-state index contributed by atoms with van der Waals surface area (Å²) in [4.78, 5) is 0. The molecule has 0 radical (unpaired) electrons. The van der Waals surface area contributed by atoms with Gasteiger partial charge in [-0.3, -0.25) is 0 Å². The Morgan fingerprint density at radius 1 is 1.10 bits per heavy atom. The Bertz CT molecular complexity index is 635. The van der Waals surface area contributed by atoms with Gasteiger partial charge in [-0.1, -0.05) is 11.3 Å². The van der Waals surface area contributed by atoms with Crippen LogP contribution in [0.3, 0.4) is 0 Å². The van der Waals surface area contributed by atoms with Crippen molar-refractivity contribution in [2.75, 3.05) is 6.54 Å². The molecule has 7 heteroatoms. The minimum atomic E-state index is -1.49. The van der Waals surface area contributed by atoms with Crippen LogP contribution >= 0.6 is 11.3 Å². The van der Waals surface area contributed by atoms with Crippen LogP contribution in [0.25, 0.3) is 10.6 Å². The minimum absolute atomic E-state index is 0.000286. The van der Waals surface area contributed by atoms with Crippen LogP contribution in [0.1, 0.15) is 25.8 Å². The molecule has 0 aliphatic carbocycles. The van der Waals surface area contributed by atoms with Gasteiger partial charge in [0.15, 0.2) is 22.5 Å². The van der Waals surface area contributed by atoms with E-state index in [0.717, 1.165) is 6.07 Å². The third-order valence-electron chi connectivity index (χ3n) is 2.73. The highest BCUT2D eigenvalue weighted by atomic mass is 32.1. The molecule has 0 atom stereocenters. The zero-order valence-electron chi connectivity index (χ0n) is 12.0. The van der Waals surface area contributed by atoms with E-state index in [1.165, 1.54) is 17.4 Å². The van der Waals surface area contributed by atoms with Crippen molar-refractivity contribution in [1.29, 1.82) is 0 Å². The van der Waals surface area contributed by atoms with Crippen molar-refractivity contribution in [3.63, 3.8) is 0 Å². The number of rotatable bonds is 4. The molecule has 0 fully saturated rings. The average Bonchev–Trinajstić information content (AvgIpc) is 2.83. The molecule has 2 aromatic rings. The molecule has 2 rings (SSSR count). The van der Waals surface area contributed by atoms with E-state index in [9.17, 15) is 13.2 Å². The molecule has 1 aromatic heterocycles. The van der Waals surface area contributed by atoms with E-state index >= 15 is 0 Å². The van der Waals surface area contributed by atoms with Crippen LogP contribution in [-0.2, 0) is 6.42 Å². The molecule has 0 saturated carbocycles. The lowest BCUT2D eigenvalue weighted by Gasteiger charge is -2.19. The van der Waals surface area contributed by atoms with Crippen molar-refractivity contribution in [3.05, 3.63) is 34.6 Å². The second-order valence-corrected chi connectivity index (χ2v) is 6.71. The number of nitrogens with zero attached hydrogens (tertiary/aromatic N) is 2. The van der Waals surface area contributed by atoms with E-state index in [0.29, 0.717) is 18.0 Å². The van der Waals surface area contributed by atoms with Crippen LogP contribution in [-0.4, -0.2) is 22.3 Å². The van der Waals surface area contributed by atoms with E-state index in [1.807, 2.05) is 0 Å². The normalized spacial score (nSPS) is 11.9. The minimum Gasteiger partial charge on any atom is -0.312 e. The summed E-state index contributed by atoms with van der Waals surface area (Å²) in [6.07, 6.45) is 0.639. The summed E-state index contributed by atoms with van der Waals surface area (Å²) in [6, 6.07) is 2.06. The van der Waals surface area contributed by atoms with E-state index in [4.69, 9.17) is 0 Å². The molecule has 0 saturated heterocycles. The highest BCUT2D eigenvalue weighted by Crippen LogP contribution is 2.28. The molecule has 0 amide bonds. The van der Waals surface area contributed by atoms with Gasteiger partial charge in [0, 0.05) is 18.5 Å². The SMILES string of the molecule is CC(C)(C)NCCc1nnc(-c2ccc(F)c(F)c2F)s1. The first kappa shape index (κ1) is 15.9. The zero-order valence-corrected chi connectivity index (χ0v) is 12.8. The van der Waals surface area contributed by atoms with Crippen LogP contribution in [0.5, 0.6) is 0 Å². The summed E-state index contributed by atoms with van der Waals surface area (Å²) in [5.74, 6) is -3.93. The van der Waals surface area contributed by atoms with Gasteiger partial charge in [-0.05, 0) is 32.9 Å². The highest BCUT2D eigenvalue weighted by molar-refractivity contribution is 7.14. The molecule has 1 N–H and O–H groups in total. The zero-order chi connectivity index (χ0) is 15.6. The summed E-state index contributed by atoms with van der Waals surface area (Å²) >= 11 is 1.17. The molecule has 0 bridgehead atoms. The third-order valence-corrected chi connectivity index (χ3v) is 3.74. The van der Waals surface area contributed by atoms with Gasteiger partial charge in [0.2, 0.25) is 0 Å². The average molecular weight is 315 g/mol. The van der Waals surface area contributed by atoms with Crippen molar-refractivity contribution < 1.29 is 13.2 Å². The van der Waals surface area contributed by atoms with E-state index < -0.39 is 17.5 Å². The molecule has 3 nitrogen and oxygen atoms in total. The maximum Gasteiger partial charge on any atom is 0.195 e. The van der Waals surface area contributed by atoms with Crippen LogP contribution in [0.4, 0.5) is 13.2 Å². The van der Waals surface area contributed by atoms with Gasteiger partial charge in [0.1, 0.15) is 5.01 Å². The Labute approximate surface area is 125 Å². The largest absolute Gasteiger partial charge is 0.312 e. The first-order chi connectivity index (χ1) is 9.78. The molecule has 1 aromatic carbocycles. The number of benzene rings is 1. The van der Waals surface area contributed by atoms with Gasteiger partial charge < -0.3 is 5.32 Å². The first-order valence-corrected chi connectivity index (χ1v) is 7.31. The molecule has 114 valence electrons. The lowest BCUT2D eigenvalue weighted by Crippen LogP contribution is -2.37. The van der Waals surface area contributed by atoms with Crippen molar-refractivity contribution in [1.82, 2.24) is 15.5 Å². The second kappa shape index (κ2) is 6.11. The van der Waals surface area contributed by atoms with E-state index in [1.54, 1.807) is 0 Å². The number of hydrogen-bond acceptors (Lipinski definition) is 4. The monoisotopic (exact) mass is 315 g/mol. The van der Waals surface area contributed by atoms with Gasteiger partial charge in [-0.2, -0.15) is 0 Å². The molecule has 0 unspecified atom stereocenters. The molecular formula is C14H16F3N3S. The molecule has 0 aliphatic heterocycles. The van der Waals surface area contributed by atoms with Crippen LogP contribution < -0.4 is 5.32 Å². The Morgan fingerprint density at radius 3 is 2.48 bits per heavy atom. The van der Waals surface area contributed by atoms with E-state index in [2.05, 4.69) is 36.3 Å². The maximum absolute atomic E-state index is 13.7. The molecule has 0 aliphatic rings. The fourth-order valence-electron chi connectivity index (χ4n) is 1.70. The van der Waals surface area contributed by atoms with Gasteiger partial charge >= 0.3 is 0 Å². The number of halogens is 3. The smallest absolute Gasteiger partial charge is 0.195 e. The number of nitrogens with one attached hydrogen (secondary N) is 1. The van der Waals surface area contributed by atoms with Crippen LogP contribution in [0.2, 0.25) is 0 Å². The Morgan fingerprint density at radius 2 is 1.81 bits per heavy atom. The standard InChI is InChI=1S/C14H16F3N3S/c1-14(2,3)18-7-6-10-19-20-13(21-10)8-4-5-9(15)12(17)11(8)16/h4-5,18H,6-7H2,1-3H3. The summed E-state index contributed by atoms with van der Waals surface area (Å²) < 4.78 is 39.8. The summed E-state index contributed by atoms with van der Waals surface area (Å²) in [6.45, 7) is 6.86. The van der Waals surface area contributed by atoms with Crippen molar-refractivity contribution >= 4 is 11.3 Å². The predicted molar refractivity (Wildman–Crippen MR) is 76.7 cm³/mol.